The van der Waals surface area contributed by atoms with Gasteiger partial charge in [-0.2, -0.15) is 0 Å². The maximum absolute atomic E-state index is 12.3. The van der Waals surface area contributed by atoms with Crippen LogP contribution in [-0.4, -0.2) is 49.5 Å². The van der Waals surface area contributed by atoms with Crippen LogP contribution in [0.4, 0.5) is 0 Å². The topological polar surface area (TPSA) is 64.6 Å². The van der Waals surface area contributed by atoms with Crippen LogP contribution in [0, 0.1) is 0 Å². The van der Waals surface area contributed by atoms with Crippen molar-refractivity contribution in [2.24, 2.45) is 0 Å². The average molecular weight is 579 g/mol. The Labute approximate surface area is 268 Å². The number of para-hydroxylation sites is 2. The van der Waals surface area contributed by atoms with Gasteiger partial charge in [-0.05, 0) is 47.3 Å². The molecule has 2 saturated heterocycles. The smallest absolute Gasteiger partial charge is 0.872 e. The van der Waals surface area contributed by atoms with Gasteiger partial charge in [-0.25, -0.2) is 0 Å². The first-order chi connectivity index (χ1) is 18.3. The summed E-state index contributed by atoms with van der Waals surface area (Å²) in [6.07, 6.45) is 5.11. The fraction of sp³-hybridized carbons (Fsp3) is 0.667. The van der Waals surface area contributed by atoms with Gasteiger partial charge in [-0.15, -0.1) is 11.5 Å². The van der Waals surface area contributed by atoms with E-state index in [4.69, 9.17) is 9.47 Å². The maximum atomic E-state index is 12.3. The molecule has 0 unspecified atom stereocenters. The van der Waals surface area contributed by atoms with Crippen molar-refractivity contribution >= 4 is 23.1 Å². The summed E-state index contributed by atoms with van der Waals surface area (Å²) in [6.45, 7) is 29.0. The zero-order chi connectivity index (χ0) is 30.8. The Hall–Kier alpha value is -1.27. The minimum atomic E-state index is -0.0711. The zero-order valence-corrected chi connectivity index (χ0v) is 29.9. The minimum Gasteiger partial charge on any atom is -0.872 e. The number of benzene rings is 2. The molecular weight excluding hydrogens is 521 g/mol. The van der Waals surface area contributed by atoms with E-state index in [1.165, 1.54) is 25.7 Å². The van der Waals surface area contributed by atoms with Crippen molar-refractivity contribution in [1.29, 1.82) is 0 Å². The van der Waals surface area contributed by atoms with Gasteiger partial charge in [0, 0.05) is 26.4 Å². The third-order valence-corrected chi connectivity index (χ3v) is 6.92. The standard InChI is InChI=1S/2C14H22O.2C4H8O.Mg/c2*1-13(2,3)10-8-7-9-11(12(10)15)14(4,5)6;2*1-2-4-5-3-1;/h2*7-9,15H,1-6H3;2*1-4H2;/q;;;;+2/p-2. The molecule has 0 radical (unpaired) electrons. The van der Waals surface area contributed by atoms with Gasteiger partial charge in [-0.1, -0.05) is 142 Å². The van der Waals surface area contributed by atoms with Crippen molar-refractivity contribution in [3.63, 3.8) is 0 Å². The summed E-state index contributed by atoms with van der Waals surface area (Å²) < 4.78 is 9.89. The van der Waals surface area contributed by atoms with E-state index < -0.39 is 0 Å². The summed E-state index contributed by atoms with van der Waals surface area (Å²) in [5, 5.41) is 24.5. The van der Waals surface area contributed by atoms with Gasteiger partial charge in [0.25, 0.3) is 0 Å². The Kier molecular flexibility index (Phi) is 16.6. The summed E-state index contributed by atoms with van der Waals surface area (Å²) in [5.41, 5.74) is 3.36. The number of ether oxygens (including phenoxy) is 2. The largest absolute Gasteiger partial charge is 2.00 e. The molecule has 5 heteroatoms. The molecule has 2 aromatic rings. The van der Waals surface area contributed by atoms with Crippen LogP contribution in [0.1, 0.15) is 131 Å². The second kappa shape index (κ2) is 17.1. The second-order valence-corrected chi connectivity index (χ2v) is 15.0. The van der Waals surface area contributed by atoms with Gasteiger partial charge in [0.15, 0.2) is 0 Å². The van der Waals surface area contributed by atoms with Crippen molar-refractivity contribution in [3.05, 3.63) is 58.7 Å². The molecule has 2 heterocycles. The van der Waals surface area contributed by atoms with Crippen LogP contribution in [0.15, 0.2) is 36.4 Å². The molecule has 2 aliphatic heterocycles. The molecule has 4 nitrogen and oxygen atoms in total. The van der Waals surface area contributed by atoms with Crippen LogP contribution in [0.25, 0.3) is 0 Å². The van der Waals surface area contributed by atoms with E-state index in [2.05, 4.69) is 83.1 Å². The first-order valence-electron chi connectivity index (χ1n) is 15.1. The predicted octanol–water partition coefficient (Wildman–Crippen LogP) is 7.92. The van der Waals surface area contributed by atoms with E-state index in [0.29, 0.717) is 0 Å². The van der Waals surface area contributed by atoms with Crippen LogP contribution < -0.4 is 10.2 Å². The molecule has 0 atom stereocenters. The quantitative estimate of drug-likeness (QED) is 0.298. The van der Waals surface area contributed by atoms with E-state index in [9.17, 15) is 10.2 Å². The molecule has 2 fully saturated rings. The monoisotopic (exact) mass is 578 g/mol. The fourth-order valence-corrected chi connectivity index (χ4v) is 4.46. The second-order valence-electron chi connectivity index (χ2n) is 15.0. The normalized spacial score (nSPS) is 15.3. The summed E-state index contributed by atoms with van der Waals surface area (Å²) in [4.78, 5) is 0. The maximum Gasteiger partial charge on any atom is 2.00 e. The Morgan fingerprint density at radius 1 is 0.439 bits per heavy atom. The van der Waals surface area contributed by atoms with E-state index in [1.54, 1.807) is 0 Å². The molecule has 4 rings (SSSR count). The van der Waals surface area contributed by atoms with Crippen molar-refractivity contribution in [3.8, 4) is 11.5 Å². The van der Waals surface area contributed by atoms with Crippen molar-refractivity contribution in [2.75, 3.05) is 26.4 Å². The van der Waals surface area contributed by atoms with Crippen molar-refractivity contribution in [2.45, 2.75) is 130 Å². The average Bonchev–Trinajstić information content (AvgIpc) is 3.56. The number of hydrogen-bond acceptors (Lipinski definition) is 4. The van der Waals surface area contributed by atoms with Gasteiger partial charge in [0.2, 0.25) is 0 Å². The van der Waals surface area contributed by atoms with Gasteiger partial charge in [0.1, 0.15) is 0 Å². The third-order valence-electron chi connectivity index (χ3n) is 6.92. The Balaban J connectivity index is 0.000000573. The third kappa shape index (κ3) is 14.2. The van der Waals surface area contributed by atoms with E-state index in [0.717, 1.165) is 48.7 Å². The summed E-state index contributed by atoms with van der Waals surface area (Å²) in [7, 11) is 0. The summed E-state index contributed by atoms with van der Waals surface area (Å²) in [6, 6.07) is 11.7. The molecule has 0 aliphatic carbocycles. The van der Waals surface area contributed by atoms with Gasteiger partial charge in [0.05, 0.1) is 0 Å². The zero-order valence-electron chi connectivity index (χ0n) is 28.5. The van der Waals surface area contributed by atoms with Crippen LogP contribution >= 0.6 is 0 Å². The van der Waals surface area contributed by atoms with E-state index >= 15 is 0 Å². The SMILES string of the molecule is C1CCOC1.C1CCOC1.CC(C)(C)c1cccc(C(C)(C)C)c1[O-].CC(C)(C)c1cccc(C(C)(C)C)c1[O-].[Mg+2]. The Morgan fingerprint density at radius 3 is 0.756 bits per heavy atom. The van der Waals surface area contributed by atoms with Gasteiger partial charge >= 0.3 is 23.1 Å². The molecule has 41 heavy (non-hydrogen) atoms. The first kappa shape index (κ1) is 39.7. The van der Waals surface area contributed by atoms with Crippen LogP contribution in [0.2, 0.25) is 0 Å². The molecule has 0 bridgehead atoms. The first-order valence-corrected chi connectivity index (χ1v) is 15.1. The van der Waals surface area contributed by atoms with Crippen LogP contribution in [0.5, 0.6) is 11.5 Å². The van der Waals surface area contributed by atoms with Crippen molar-refractivity contribution < 1.29 is 19.7 Å². The molecule has 0 spiro atoms. The van der Waals surface area contributed by atoms with E-state index in [-0.39, 0.29) is 56.2 Å². The van der Waals surface area contributed by atoms with Gasteiger partial charge in [-0.3, -0.25) is 0 Å². The molecule has 228 valence electrons. The molecule has 0 saturated carbocycles. The minimum absolute atomic E-state index is 0. The molecule has 0 N–H and O–H groups in total. The van der Waals surface area contributed by atoms with Crippen LogP contribution in [0.3, 0.4) is 0 Å². The van der Waals surface area contributed by atoms with Crippen molar-refractivity contribution in [1.82, 2.24) is 0 Å². The Bertz CT molecular complexity index is 847. The summed E-state index contributed by atoms with van der Waals surface area (Å²) >= 11 is 0. The number of hydrogen-bond donors (Lipinski definition) is 0. The molecule has 0 amide bonds. The Morgan fingerprint density at radius 2 is 0.634 bits per heavy atom. The summed E-state index contributed by atoms with van der Waals surface area (Å²) in [5.74, 6) is 0.412. The fourth-order valence-electron chi connectivity index (χ4n) is 4.46. The molecule has 0 aromatic heterocycles. The number of rotatable bonds is 0. The predicted molar refractivity (Wildman–Crippen MR) is 172 cm³/mol. The van der Waals surface area contributed by atoms with Gasteiger partial charge < -0.3 is 19.7 Å². The van der Waals surface area contributed by atoms with Crippen LogP contribution in [-0.2, 0) is 31.1 Å². The molecule has 2 aromatic carbocycles. The van der Waals surface area contributed by atoms with E-state index in [1.807, 2.05) is 36.4 Å². The molecular formula is C36H58MgO4. The molecule has 2 aliphatic rings.